The number of aryl methyl sites for hydroxylation is 1. The Kier molecular flexibility index (Phi) is 11.3. The molecule has 292 valence electrons. The van der Waals surface area contributed by atoms with E-state index >= 15 is 0 Å². The van der Waals surface area contributed by atoms with E-state index in [4.69, 9.17) is 4.74 Å². The third-order valence-electron chi connectivity index (χ3n) is 12.2. The highest BCUT2D eigenvalue weighted by atomic mass is 19.4. The zero-order chi connectivity index (χ0) is 38.9. The average molecular weight is 755 g/mol. The molecule has 1 aromatic heterocycles. The van der Waals surface area contributed by atoms with Gasteiger partial charge < -0.3 is 25.0 Å². The van der Waals surface area contributed by atoms with Gasteiger partial charge >= 0.3 is 12.3 Å². The number of non-ortho nitro benzene ring substituents is 1. The highest BCUT2D eigenvalue weighted by Crippen LogP contribution is 2.47. The maximum absolute atomic E-state index is 13.7. The molecule has 54 heavy (non-hydrogen) atoms. The highest BCUT2D eigenvalue weighted by Gasteiger charge is 2.40. The molecule has 6 rings (SSSR count). The van der Waals surface area contributed by atoms with Crippen LogP contribution in [0.25, 0.3) is 10.9 Å². The number of halogens is 3. The van der Waals surface area contributed by atoms with Crippen LogP contribution in [0.5, 0.6) is 5.75 Å². The Bertz CT molecular complexity index is 1880. The van der Waals surface area contributed by atoms with E-state index < -0.39 is 34.5 Å². The Balaban J connectivity index is 1.11. The lowest BCUT2D eigenvalue weighted by molar-refractivity contribution is -0.385. The minimum atomic E-state index is -4.76. The summed E-state index contributed by atoms with van der Waals surface area (Å²) >= 11 is 0. The second-order valence-electron chi connectivity index (χ2n) is 15.6. The van der Waals surface area contributed by atoms with E-state index in [1.165, 1.54) is 4.90 Å². The smallest absolute Gasteiger partial charge is 0.416 e. The van der Waals surface area contributed by atoms with Gasteiger partial charge in [-0.15, -0.1) is 0 Å². The minimum absolute atomic E-state index is 0.0754. The number of nitro groups is 1. The molecule has 0 unspecified atom stereocenters. The Morgan fingerprint density at radius 2 is 1.72 bits per heavy atom. The van der Waals surface area contributed by atoms with E-state index in [9.17, 15) is 38.0 Å². The predicted molar refractivity (Wildman–Crippen MR) is 197 cm³/mol. The molecule has 2 saturated carbocycles. The van der Waals surface area contributed by atoms with Crippen molar-refractivity contribution in [1.82, 2.24) is 19.8 Å². The number of fused-ring (bicyclic) bond motifs is 1. The molecule has 1 saturated heterocycles. The molecule has 3 fully saturated rings. The van der Waals surface area contributed by atoms with Crippen LogP contribution in [0.3, 0.4) is 0 Å². The number of nitrogens with one attached hydrogen (secondary N) is 1. The molecule has 1 atom stereocenters. The Morgan fingerprint density at radius 3 is 2.31 bits per heavy atom. The molecule has 2 N–H and O–H groups in total. The van der Waals surface area contributed by atoms with Crippen LogP contribution in [0.1, 0.15) is 106 Å². The van der Waals surface area contributed by atoms with Crippen molar-refractivity contribution in [3.63, 3.8) is 0 Å². The van der Waals surface area contributed by atoms with Gasteiger partial charge in [-0.2, -0.15) is 13.2 Å². The number of alkyl halides is 3. The molecule has 3 aromatic rings. The Hall–Kier alpha value is -4.69. The van der Waals surface area contributed by atoms with Gasteiger partial charge in [0.05, 0.1) is 29.2 Å². The van der Waals surface area contributed by atoms with E-state index in [-0.39, 0.29) is 28.7 Å². The van der Waals surface area contributed by atoms with Crippen molar-refractivity contribution in [1.29, 1.82) is 0 Å². The molecule has 2 aromatic carbocycles. The lowest BCUT2D eigenvalue weighted by atomic mass is 9.65. The number of amides is 2. The summed E-state index contributed by atoms with van der Waals surface area (Å²) in [4.78, 5) is 48.2. The van der Waals surface area contributed by atoms with Crippen molar-refractivity contribution in [3.8, 4) is 5.75 Å². The molecule has 0 radical (unpaired) electrons. The van der Waals surface area contributed by atoms with E-state index in [2.05, 4.69) is 15.3 Å². The fourth-order valence-corrected chi connectivity index (χ4v) is 8.92. The number of carbonyl (C=O) groups is 2. The number of hydrogen-bond acceptors (Lipinski definition) is 8. The number of carboxylic acid groups (broad SMARTS) is 1. The van der Waals surface area contributed by atoms with Gasteiger partial charge in [-0.3, -0.25) is 14.9 Å². The van der Waals surface area contributed by atoms with Crippen molar-refractivity contribution in [2.45, 2.75) is 96.2 Å². The standard InChI is InChI=1S/C39H49F3N6O6/c1-23(28-17-29(39(40,41)42)19-30(18-28)48(52)53)43-35-32-20-31(34(54-4)21-33(32)44-24(2)45-35)26-5-7-27(8-6-26)36(49)46(3)22-25-9-11-38(12-10-25)13-15-47(16-14-38)37(50)51/h17-21,23,25-27H,5-16,22H2,1-4H3,(H,50,51)(H,43,44,45)/t23-,26?,27?/m1/s1. The summed E-state index contributed by atoms with van der Waals surface area (Å²) in [5.74, 6) is 2.11. The third-order valence-corrected chi connectivity index (χ3v) is 12.2. The number of nitrogens with zero attached hydrogens (tertiary/aromatic N) is 5. The van der Waals surface area contributed by atoms with Gasteiger partial charge in [0.1, 0.15) is 17.4 Å². The highest BCUT2D eigenvalue weighted by molar-refractivity contribution is 5.91. The molecule has 15 heteroatoms. The van der Waals surface area contributed by atoms with Gasteiger partial charge in [-0.1, -0.05) is 0 Å². The summed E-state index contributed by atoms with van der Waals surface area (Å²) in [7, 11) is 3.50. The largest absolute Gasteiger partial charge is 0.496 e. The zero-order valence-electron chi connectivity index (χ0n) is 31.2. The lowest BCUT2D eigenvalue weighted by Crippen LogP contribution is -2.45. The number of methoxy groups -OCH3 is 1. The minimum Gasteiger partial charge on any atom is -0.496 e. The van der Waals surface area contributed by atoms with Crippen LogP contribution in [-0.2, 0) is 11.0 Å². The van der Waals surface area contributed by atoms with Crippen LogP contribution in [0.4, 0.5) is 29.5 Å². The van der Waals surface area contributed by atoms with Gasteiger partial charge in [0.2, 0.25) is 5.91 Å². The van der Waals surface area contributed by atoms with E-state index in [0.29, 0.717) is 53.4 Å². The average Bonchev–Trinajstić information content (AvgIpc) is 3.14. The van der Waals surface area contributed by atoms with Crippen molar-refractivity contribution in [2.75, 3.05) is 39.1 Å². The SMILES string of the molecule is COc1cc2nc(C)nc(N[C@H](C)c3cc([N+](=O)[O-])cc(C(F)(F)F)c3)c2cc1C1CCC(C(=O)N(C)CC2CCC3(CC2)CCN(C(=O)O)CC3)CC1. The molecule has 2 aliphatic carbocycles. The first kappa shape index (κ1) is 39.0. The second-order valence-corrected chi connectivity index (χ2v) is 15.6. The van der Waals surface area contributed by atoms with E-state index in [1.54, 1.807) is 21.0 Å². The van der Waals surface area contributed by atoms with Gasteiger partial charge in [0, 0.05) is 56.2 Å². The van der Waals surface area contributed by atoms with Gasteiger partial charge in [-0.05, 0) is 119 Å². The zero-order valence-corrected chi connectivity index (χ0v) is 31.2. The molecule has 1 aliphatic heterocycles. The number of aromatic nitrogens is 2. The maximum Gasteiger partial charge on any atom is 0.416 e. The Labute approximate surface area is 312 Å². The van der Waals surface area contributed by atoms with Crippen molar-refractivity contribution >= 4 is 34.4 Å². The normalized spacial score (nSPS) is 21.1. The van der Waals surface area contributed by atoms with Crippen LogP contribution in [-0.4, -0.2) is 75.6 Å². The summed E-state index contributed by atoms with van der Waals surface area (Å²) in [6.07, 6.45) is 3.51. The van der Waals surface area contributed by atoms with Gasteiger partial charge in [-0.25, -0.2) is 14.8 Å². The lowest BCUT2D eigenvalue weighted by Gasteiger charge is -2.46. The van der Waals surface area contributed by atoms with Crippen LogP contribution in [0.2, 0.25) is 0 Å². The number of carbonyl (C=O) groups excluding carboxylic acids is 1. The fraction of sp³-hybridized carbons (Fsp3) is 0.590. The quantitative estimate of drug-likeness (QED) is 0.161. The van der Waals surface area contributed by atoms with Crippen molar-refractivity contribution in [3.05, 3.63) is 63.0 Å². The summed E-state index contributed by atoms with van der Waals surface area (Å²) in [5, 5.41) is 24.6. The molecule has 3 aliphatic rings. The van der Waals surface area contributed by atoms with Crippen LogP contribution in [0.15, 0.2) is 30.3 Å². The number of piperidine rings is 1. The van der Waals surface area contributed by atoms with Gasteiger partial charge in [0.15, 0.2) is 0 Å². The molecule has 1 spiro atoms. The van der Waals surface area contributed by atoms with Crippen LogP contribution >= 0.6 is 0 Å². The molecule has 12 nitrogen and oxygen atoms in total. The third kappa shape index (κ3) is 8.49. The molecule has 0 bridgehead atoms. The number of benzene rings is 2. The monoisotopic (exact) mass is 754 g/mol. The number of ether oxygens (including phenoxy) is 1. The van der Waals surface area contributed by atoms with Crippen molar-refractivity contribution in [2.24, 2.45) is 17.3 Å². The molecular formula is C39H49F3N6O6. The first-order valence-corrected chi connectivity index (χ1v) is 18.8. The topological polar surface area (TPSA) is 151 Å². The summed E-state index contributed by atoms with van der Waals surface area (Å²) in [5.41, 5.74) is 0.0934. The number of rotatable bonds is 9. The number of anilines is 1. The second kappa shape index (κ2) is 15.6. The number of hydrogen-bond donors (Lipinski definition) is 2. The summed E-state index contributed by atoms with van der Waals surface area (Å²) in [6.45, 7) is 5.28. The van der Waals surface area contributed by atoms with E-state index in [0.717, 1.165) is 88.4 Å². The molecular weight excluding hydrogens is 705 g/mol. The van der Waals surface area contributed by atoms with Crippen LogP contribution < -0.4 is 10.1 Å². The number of likely N-dealkylation sites (tertiary alicyclic amines) is 1. The van der Waals surface area contributed by atoms with Gasteiger partial charge in [0.25, 0.3) is 5.69 Å². The first-order valence-electron chi connectivity index (χ1n) is 18.8. The predicted octanol–water partition coefficient (Wildman–Crippen LogP) is 8.73. The summed E-state index contributed by atoms with van der Waals surface area (Å²) < 4.78 is 46.7. The van der Waals surface area contributed by atoms with Crippen molar-refractivity contribution < 1.29 is 37.5 Å². The fourth-order valence-electron chi connectivity index (χ4n) is 8.92. The summed E-state index contributed by atoms with van der Waals surface area (Å²) in [6, 6.07) is 5.60. The van der Waals surface area contributed by atoms with E-state index in [1.807, 2.05) is 24.1 Å². The van der Waals surface area contributed by atoms with Crippen LogP contribution in [0, 0.1) is 34.3 Å². The number of nitro benzene ring substituents is 1. The first-order chi connectivity index (χ1) is 25.6. The molecule has 2 amide bonds. The maximum atomic E-state index is 13.7. The molecule has 2 heterocycles. The Morgan fingerprint density at radius 1 is 1.06 bits per heavy atom.